The number of hydrogen-bond acceptors (Lipinski definition) is 6. The molecular formula is C22H23N3O6S. The van der Waals surface area contributed by atoms with Gasteiger partial charge >= 0.3 is 0 Å². The molecule has 0 fully saturated rings. The summed E-state index contributed by atoms with van der Waals surface area (Å²) in [6.45, 7) is 0.124. The standard InChI is InChI=1S/C22H23N3O6S/c1-30-18-8-4-16(5-9-18)13-23-21(26)15-24-22(27)17-6-10-20(11-7-17)32(28,29)25-14-19-3-2-12-31-19/h2-12,25H,13-15H2,1H3,(H,23,26)(H,24,27). The fraction of sp³-hybridized carbons (Fsp3) is 0.182. The molecule has 3 rings (SSSR count). The fourth-order valence-corrected chi connectivity index (χ4v) is 3.71. The normalized spacial score (nSPS) is 11.0. The first-order chi connectivity index (χ1) is 15.4. The van der Waals surface area contributed by atoms with Gasteiger partial charge in [0.1, 0.15) is 11.5 Å². The largest absolute Gasteiger partial charge is 0.497 e. The lowest BCUT2D eigenvalue weighted by molar-refractivity contribution is -0.120. The second-order valence-electron chi connectivity index (χ2n) is 6.74. The number of methoxy groups -OCH3 is 1. The summed E-state index contributed by atoms with van der Waals surface area (Å²) in [5.74, 6) is 0.363. The maximum Gasteiger partial charge on any atom is 0.251 e. The van der Waals surface area contributed by atoms with Crippen molar-refractivity contribution in [3.05, 3.63) is 83.8 Å². The van der Waals surface area contributed by atoms with E-state index in [0.29, 0.717) is 12.3 Å². The van der Waals surface area contributed by atoms with E-state index in [0.717, 1.165) is 11.3 Å². The summed E-state index contributed by atoms with van der Waals surface area (Å²) in [5.41, 5.74) is 1.13. The van der Waals surface area contributed by atoms with Crippen LogP contribution in [0.5, 0.6) is 5.75 Å². The molecular weight excluding hydrogens is 434 g/mol. The van der Waals surface area contributed by atoms with Crippen LogP contribution in [0.3, 0.4) is 0 Å². The van der Waals surface area contributed by atoms with Gasteiger partial charge in [-0.3, -0.25) is 9.59 Å². The van der Waals surface area contributed by atoms with Gasteiger partial charge in [-0.25, -0.2) is 13.1 Å². The molecule has 0 bridgehead atoms. The van der Waals surface area contributed by atoms with Gasteiger partial charge in [0.2, 0.25) is 15.9 Å². The quantitative estimate of drug-likeness (QED) is 0.426. The van der Waals surface area contributed by atoms with E-state index < -0.39 is 15.9 Å². The highest BCUT2D eigenvalue weighted by Crippen LogP contribution is 2.12. The number of ether oxygens (including phenoxy) is 1. The zero-order valence-corrected chi connectivity index (χ0v) is 18.1. The lowest BCUT2D eigenvalue weighted by Gasteiger charge is -2.09. The topological polar surface area (TPSA) is 127 Å². The molecule has 0 saturated carbocycles. The van der Waals surface area contributed by atoms with E-state index in [4.69, 9.17) is 9.15 Å². The predicted octanol–water partition coefficient (Wildman–Crippen LogP) is 1.81. The number of amides is 2. The number of rotatable bonds is 10. The molecule has 2 amide bonds. The van der Waals surface area contributed by atoms with E-state index in [1.165, 1.54) is 30.5 Å². The van der Waals surface area contributed by atoms with Crippen molar-refractivity contribution < 1.29 is 27.2 Å². The Morgan fingerprint density at radius 2 is 1.66 bits per heavy atom. The van der Waals surface area contributed by atoms with Crippen LogP contribution in [-0.2, 0) is 27.9 Å². The summed E-state index contributed by atoms with van der Waals surface area (Å²) in [6, 6.07) is 16.0. The molecule has 3 N–H and O–H groups in total. The van der Waals surface area contributed by atoms with Gasteiger partial charge in [0, 0.05) is 12.1 Å². The minimum Gasteiger partial charge on any atom is -0.497 e. The van der Waals surface area contributed by atoms with Crippen LogP contribution in [0.2, 0.25) is 0 Å². The van der Waals surface area contributed by atoms with Crippen molar-refractivity contribution >= 4 is 21.8 Å². The zero-order chi connectivity index (χ0) is 23.0. The van der Waals surface area contributed by atoms with Crippen molar-refractivity contribution in [3.63, 3.8) is 0 Å². The fourth-order valence-electron chi connectivity index (χ4n) is 2.72. The molecule has 0 unspecified atom stereocenters. The van der Waals surface area contributed by atoms with E-state index >= 15 is 0 Å². The third-order valence-electron chi connectivity index (χ3n) is 4.50. The molecule has 1 heterocycles. The van der Waals surface area contributed by atoms with E-state index in [1.807, 2.05) is 12.1 Å². The van der Waals surface area contributed by atoms with Gasteiger partial charge < -0.3 is 19.8 Å². The van der Waals surface area contributed by atoms with Crippen LogP contribution in [0.15, 0.2) is 76.2 Å². The summed E-state index contributed by atoms with van der Waals surface area (Å²) in [4.78, 5) is 24.2. The van der Waals surface area contributed by atoms with Crippen LogP contribution < -0.4 is 20.1 Å². The van der Waals surface area contributed by atoms with E-state index in [9.17, 15) is 18.0 Å². The molecule has 3 aromatic rings. The second-order valence-corrected chi connectivity index (χ2v) is 8.50. The third-order valence-corrected chi connectivity index (χ3v) is 5.92. The number of hydrogen-bond donors (Lipinski definition) is 3. The molecule has 1 aromatic heterocycles. The predicted molar refractivity (Wildman–Crippen MR) is 116 cm³/mol. The molecule has 0 radical (unpaired) electrons. The first-order valence-electron chi connectivity index (χ1n) is 9.67. The minimum absolute atomic E-state index is 0.0119. The molecule has 2 aromatic carbocycles. The van der Waals surface area contributed by atoms with Gasteiger partial charge in [-0.1, -0.05) is 12.1 Å². The van der Waals surface area contributed by atoms with Gasteiger partial charge in [-0.05, 0) is 54.1 Å². The van der Waals surface area contributed by atoms with Gasteiger partial charge in [0.15, 0.2) is 0 Å². The second kappa shape index (κ2) is 10.6. The summed E-state index contributed by atoms with van der Waals surface area (Å²) in [6.07, 6.45) is 1.45. The Labute approximate surface area is 185 Å². The molecule has 0 aliphatic heterocycles. The molecule has 0 saturated heterocycles. The number of sulfonamides is 1. The van der Waals surface area contributed by atoms with Gasteiger partial charge in [-0.2, -0.15) is 0 Å². The average molecular weight is 458 g/mol. The Kier molecular flexibility index (Phi) is 7.63. The SMILES string of the molecule is COc1ccc(CNC(=O)CNC(=O)c2ccc(S(=O)(=O)NCc3ccco3)cc2)cc1. The maximum atomic E-state index is 12.3. The zero-order valence-electron chi connectivity index (χ0n) is 17.3. The highest BCUT2D eigenvalue weighted by molar-refractivity contribution is 7.89. The van der Waals surface area contributed by atoms with Gasteiger partial charge in [0.05, 0.1) is 31.4 Å². The molecule has 0 aliphatic rings. The number of furan rings is 1. The molecule has 0 atom stereocenters. The van der Waals surface area contributed by atoms with E-state index in [1.54, 1.807) is 31.4 Å². The van der Waals surface area contributed by atoms with Crippen molar-refractivity contribution in [2.24, 2.45) is 0 Å². The Morgan fingerprint density at radius 1 is 0.938 bits per heavy atom. The van der Waals surface area contributed by atoms with Crippen LogP contribution >= 0.6 is 0 Å². The number of carbonyl (C=O) groups is 2. The van der Waals surface area contributed by atoms with Crippen molar-refractivity contribution in [1.82, 2.24) is 15.4 Å². The van der Waals surface area contributed by atoms with E-state index in [-0.39, 0.29) is 29.5 Å². The highest BCUT2D eigenvalue weighted by atomic mass is 32.2. The number of benzene rings is 2. The molecule has 9 nitrogen and oxygen atoms in total. The highest BCUT2D eigenvalue weighted by Gasteiger charge is 2.16. The molecule has 0 spiro atoms. The molecule has 168 valence electrons. The third kappa shape index (κ3) is 6.43. The number of nitrogens with one attached hydrogen (secondary N) is 3. The molecule has 32 heavy (non-hydrogen) atoms. The van der Waals surface area contributed by atoms with Crippen molar-refractivity contribution in [2.45, 2.75) is 18.0 Å². The van der Waals surface area contributed by atoms with Crippen LogP contribution in [0, 0.1) is 0 Å². The van der Waals surface area contributed by atoms with E-state index in [2.05, 4.69) is 15.4 Å². The maximum absolute atomic E-state index is 12.3. The van der Waals surface area contributed by atoms with Crippen molar-refractivity contribution in [1.29, 1.82) is 0 Å². The number of carbonyl (C=O) groups excluding carboxylic acids is 2. The first-order valence-corrected chi connectivity index (χ1v) is 11.2. The Bertz CT molecular complexity index is 1140. The van der Waals surface area contributed by atoms with Crippen LogP contribution in [0.4, 0.5) is 0 Å². The van der Waals surface area contributed by atoms with Crippen molar-refractivity contribution in [2.75, 3.05) is 13.7 Å². The average Bonchev–Trinajstić information content (AvgIpc) is 3.34. The summed E-state index contributed by atoms with van der Waals surface area (Å²) >= 11 is 0. The van der Waals surface area contributed by atoms with Crippen LogP contribution in [0.1, 0.15) is 21.7 Å². The summed E-state index contributed by atoms with van der Waals surface area (Å²) < 4.78 is 37.3. The molecule has 10 heteroatoms. The van der Waals surface area contributed by atoms with Gasteiger partial charge in [-0.15, -0.1) is 0 Å². The molecule has 0 aliphatic carbocycles. The lowest BCUT2D eigenvalue weighted by Crippen LogP contribution is -2.36. The van der Waals surface area contributed by atoms with Crippen molar-refractivity contribution in [3.8, 4) is 5.75 Å². The van der Waals surface area contributed by atoms with Crippen LogP contribution in [0.25, 0.3) is 0 Å². The Morgan fingerprint density at radius 3 is 2.28 bits per heavy atom. The summed E-state index contributed by atoms with van der Waals surface area (Å²) in [5, 5.41) is 5.21. The minimum atomic E-state index is -3.76. The summed E-state index contributed by atoms with van der Waals surface area (Å²) in [7, 11) is -2.18. The lowest BCUT2D eigenvalue weighted by atomic mass is 10.2. The van der Waals surface area contributed by atoms with Crippen LogP contribution in [-0.4, -0.2) is 33.9 Å². The smallest absolute Gasteiger partial charge is 0.251 e. The Balaban J connectivity index is 1.46. The first kappa shape index (κ1) is 23.0. The van der Waals surface area contributed by atoms with Gasteiger partial charge in [0.25, 0.3) is 5.91 Å². The Hall–Kier alpha value is -3.63. The monoisotopic (exact) mass is 457 g/mol.